The molecule has 0 saturated heterocycles. The molecular formula is C120H96BN3. The predicted molar refractivity (Wildman–Crippen MR) is 524 cm³/mol. The molecule has 0 unspecified atom stereocenters. The van der Waals surface area contributed by atoms with Crippen molar-refractivity contribution < 1.29 is 11.0 Å². The van der Waals surface area contributed by atoms with Crippen LogP contribution in [0.15, 0.2) is 364 Å². The van der Waals surface area contributed by atoms with Gasteiger partial charge in [0.1, 0.15) is 0 Å². The number of aromatic nitrogens is 1. The first-order chi connectivity index (χ1) is 63.3. The van der Waals surface area contributed by atoms with E-state index in [1.807, 2.05) is 0 Å². The summed E-state index contributed by atoms with van der Waals surface area (Å²) < 4.78 is 80.8. The van der Waals surface area contributed by atoms with Gasteiger partial charge in [0.25, 0.3) is 6.71 Å². The molecule has 4 heteroatoms. The number of hydrogen-bond acceptors (Lipinski definition) is 2. The lowest BCUT2D eigenvalue weighted by Crippen LogP contribution is -2.61. The minimum absolute atomic E-state index is 0.00562. The van der Waals surface area contributed by atoms with Crippen LogP contribution in [0.5, 0.6) is 0 Å². The molecule has 0 fully saturated rings. The van der Waals surface area contributed by atoms with Gasteiger partial charge in [0.05, 0.1) is 49.9 Å². The van der Waals surface area contributed by atoms with Crippen LogP contribution in [-0.4, -0.2) is 11.3 Å². The summed E-state index contributed by atoms with van der Waals surface area (Å²) in [5.41, 5.74) is 38.6. The van der Waals surface area contributed by atoms with Crippen molar-refractivity contribution in [1.29, 1.82) is 0 Å². The third-order valence-corrected chi connectivity index (χ3v) is 28.3. The van der Waals surface area contributed by atoms with Crippen molar-refractivity contribution in [3.05, 3.63) is 431 Å². The summed E-state index contributed by atoms with van der Waals surface area (Å²) in [5, 5.41) is -0.0112. The van der Waals surface area contributed by atoms with E-state index in [0.29, 0.717) is 5.69 Å². The Balaban J connectivity index is 0.848. The molecule has 4 aliphatic carbocycles. The van der Waals surface area contributed by atoms with E-state index in [4.69, 9.17) is 0 Å². The van der Waals surface area contributed by atoms with E-state index < -0.39 is 53.8 Å². The van der Waals surface area contributed by atoms with Gasteiger partial charge in [0.15, 0.2) is 0 Å². The Kier molecular flexibility index (Phi) is 14.0. The van der Waals surface area contributed by atoms with Crippen molar-refractivity contribution in [2.24, 2.45) is 0 Å². The van der Waals surface area contributed by atoms with Crippen molar-refractivity contribution in [3.63, 3.8) is 0 Å². The zero-order valence-corrected chi connectivity index (χ0v) is 71.9. The van der Waals surface area contributed by atoms with Crippen LogP contribution < -0.4 is 26.2 Å². The highest BCUT2D eigenvalue weighted by Gasteiger charge is 2.54. The van der Waals surface area contributed by atoms with Gasteiger partial charge in [-0.15, -0.1) is 0 Å². The lowest BCUT2D eigenvalue weighted by atomic mass is 9.33. The van der Waals surface area contributed by atoms with Crippen molar-refractivity contribution in [2.45, 2.75) is 116 Å². The van der Waals surface area contributed by atoms with Gasteiger partial charge in [0.2, 0.25) is 0 Å². The van der Waals surface area contributed by atoms with Crippen LogP contribution in [-0.2, 0) is 32.5 Å². The first-order valence-electron chi connectivity index (χ1n) is 47.8. The lowest BCUT2D eigenvalue weighted by Gasteiger charge is -2.45. The van der Waals surface area contributed by atoms with E-state index in [9.17, 15) is 11.0 Å². The van der Waals surface area contributed by atoms with Gasteiger partial charge in [-0.05, 0) is 243 Å². The highest BCUT2D eigenvalue weighted by molar-refractivity contribution is 7.00. The summed E-state index contributed by atoms with van der Waals surface area (Å²) in [5.74, 6) is 0. The maximum absolute atomic E-state index is 10.4. The lowest BCUT2D eigenvalue weighted by molar-refractivity contribution is 0.568. The molecule has 124 heavy (non-hydrogen) atoms. The Hall–Kier alpha value is -13.8. The van der Waals surface area contributed by atoms with Crippen molar-refractivity contribution in [2.75, 3.05) is 9.80 Å². The molecule has 2 aliphatic heterocycles. The Labute approximate surface area is 740 Å². The molecule has 17 aromatic carbocycles. The van der Waals surface area contributed by atoms with E-state index in [0.717, 1.165) is 95.0 Å². The van der Waals surface area contributed by atoms with Crippen LogP contribution in [0.1, 0.15) is 161 Å². The van der Waals surface area contributed by atoms with E-state index in [1.165, 1.54) is 111 Å². The van der Waals surface area contributed by atoms with Crippen LogP contribution in [0, 0.1) is 0 Å². The molecule has 3 nitrogen and oxygen atoms in total. The average Bonchev–Trinajstić information content (AvgIpc) is 1.47. The van der Waals surface area contributed by atoms with E-state index in [-0.39, 0.29) is 55.6 Å². The summed E-state index contributed by atoms with van der Waals surface area (Å²) >= 11 is 0. The van der Waals surface area contributed by atoms with Gasteiger partial charge < -0.3 is 14.4 Å². The van der Waals surface area contributed by atoms with Crippen LogP contribution in [0.25, 0.3) is 117 Å². The Bertz CT molecular complexity index is 7500. The third kappa shape index (κ3) is 10.5. The zero-order chi connectivity index (χ0) is 90.9. The van der Waals surface area contributed by atoms with E-state index in [2.05, 4.69) is 408 Å². The second-order valence-electron chi connectivity index (χ2n) is 39.3. The molecule has 24 rings (SSSR count). The minimum atomic E-state index is -0.672. The summed E-state index contributed by atoms with van der Waals surface area (Å²) in [6, 6.07) is 115. The fourth-order valence-corrected chi connectivity index (χ4v) is 22.3. The number of para-hydroxylation sites is 4. The predicted octanol–water partition coefficient (Wildman–Crippen LogP) is 29.4. The first kappa shape index (κ1) is 65.9. The van der Waals surface area contributed by atoms with Crippen molar-refractivity contribution in [3.8, 4) is 94.7 Å². The zero-order valence-electron chi connectivity index (χ0n) is 79.9. The van der Waals surface area contributed by atoms with Gasteiger partial charge in [-0.25, -0.2) is 0 Å². The summed E-state index contributed by atoms with van der Waals surface area (Å²) in [6.45, 7) is 27.0. The molecule has 1 aromatic heterocycles. The number of rotatable bonds is 7. The topological polar surface area (TPSA) is 11.4 Å². The maximum atomic E-state index is 10.4. The normalized spacial score (nSPS) is 15.3. The standard InChI is InChI=1S/C120H96BN3/c1-115(2,3)79-61-77(62-80(69-79)116(4,5)6)73-55-59-104-110(67-73)123(106-49-29-19-33-84(106)75-53-57-92-90-39-17-27-47-100(90)119(102(92)65-75)96-43-23-13-35-86(96)87-36-14-24-44-97(87)119)112-71-83(122-108-51-31-21-41-94(108)95-42-22-32-52-109(95)122)72-113-114(112)121(104)105-60-56-74(78-63-81(117(7,8)9)70-82(64-78)118(10,11)12)68-111(105)124(113)107-50-30-20-34-85(107)76-54-58-93-91-40-18-28-48-101(91)120(103(93)66-76)98-45-25-15-37-88(98)89-38-16-26-46-99(89)120/h13-72H,1-12H3/i21D,22D,31D,32D,41D,42D,51D,52D. The average molecular weight is 1600 g/mol. The number of nitrogens with zero attached hydrogens (tertiary/aromatic N) is 3. The van der Waals surface area contributed by atoms with Gasteiger partial charge in [-0.1, -0.05) is 386 Å². The molecule has 3 heterocycles. The van der Waals surface area contributed by atoms with Gasteiger partial charge in [-0.2, -0.15) is 0 Å². The molecule has 0 radical (unpaired) electrons. The second-order valence-corrected chi connectivity index (χ2v) is 39.3. The molecular weight excluding hydrogens is 1490 g/mol. The second kappa shape index (κ2) is 26.4. The summed E-state index contributed by atoms with van der Waals surface area (Å²) in [4.78, 5) is 4.93. The number of hydrogen-bond donors (Lipinski definition) is 0. The van der Waals surface area contributed by atoms with Crippen LogP contribution in [0.2, 0.25) is 0 Å². The number of fused-ring (bicyclic) bond motifs is 27. The Morgan fingerprint density at radius 3 is 0.863 bits per heavy atom. The number of anilines is 6. The fourth-order valence-electron chi connectivity index (χ4n) is 22.3. The smallest absolute Gasteiger partial charge is 0.252 e. The molecule has 0 atom stereocenters. The molecule has 0 bridgehead atoms. The quantitative estimate of drug-likeness (QED) is 0.147. The molecule has 6 aliphatic rings. The van der Waals surface area contributed by atoms with Crippen molar-refractivity contribution >= 4 is 79.0 Å². The fraction of sp³-hybridized carbons (Fsp3) is 0.150. The van der Waals surface area contributed by atoms with Crippen molar-refractivity contribution in [1.82, 2.24) is 4.57 Å². The summed E-state index contributed by atoms with van der Waals surface area (Å²) in [7, 11) is 0. The highest BCUT2D eigenvalue weighted by Crippen LogP contribution is 2.66. The largest absolute Gasteiger partial charge is 0.311 e. The molecule has 0 amide bonds. The number of benzene rings is 17. The molecule has 0 saturated carbocycles. The third-order valence-electron chi connectivity index (χ3n) is 28.3. The minimum Gasteiger partial charge on any atom is -0.311 e. The van der Waals surface area contributed by atoms with Crippen LogP contribution in [0.4, 0.5) is 34.1 Å². The van der Waals surface area contributed by atoms with Gasteiger partial charge in [0, 0.05) is 44.6 Å². The molecule has 2 spiro atoms. The highest BCUT2D eigenvalue weighted by atomic mass is 15.2. The maximum Gasteiger partial charge on any atom is 0.252 e. The Morgan fingerprint density at radius 1 is 0.242 bits per heavy atom. The van der Waals surface area contributed by atoms with Gasteiger partial charge in [-0.3, -0.25) is 0 Å². The SMILES string of the molecule is [2H]c1c([2H])c([2H])c2c(c1[2H])c1c([2H])c([2H])c([2H])c([2H])c1n2-c1cc2c3c(c1)N(c1ccccc1-c1ccc4c(c1)C1(c5ccccc5-c5ccccc51)c1ccccc1-4)c1cc(-c4cc(C(C)(C)C)cc(C(C)(C)C)c4)ccc1B3c1ccc(-c3cc(C(C)(C)C)cc(C(C)(C)C)c3)cc1N2c1ccccc1-c1ccc2c(c1)C1(c3ccccc3-c3ccccc31)c1ccccc1-2. The van der Waals surface area contributed by atoms with Crippen LogP contribution >= 0.6 is 0 Å². The first-order valence-corrected chi connectivity index (χ1v) is 43.8. The van der Waals surface area contributed by atoms with Crippen LogP contribution in [0.3, 0.4) is 0 Å². The van der Waals surface area contributed by atoms with E-state index in [1.54, 1.807) is 4.57 Å². The van der Waals surface area contributed by atoms with E-state index >= 15 is 0 Å². The summed E-state index contributed by atoms with van der Waals surface area (Å²) in [6.07, 6.45) is 0. The molecule has 594 valence electrons. The monoisotopic (exact) mass is 1600 g/mol. The van der Waals surface area contributed by atoms with Gasteiger partial charge >= 0.3 is 0 Å². The molecule has 0 N–H and O–H groups in total. The molecule has 18 aromatic rings. The Morgan fingerprint density at radius 2 is 0.532 bits per heavy atom.